The molecule has 3 aromatic rings. The fourth-order valence-electron chi connectivity index (χ4n) is 4.28. The Kier molecular flexibility index (Phi) is 7.17. The number of hydrogen-bond acceptors (Lipinski definition) is 8. The number of phenols is 1. The highest BCUT2D eigenvalue weighted by atomic mass is 35.5. The van der Waals surface area contributed by atoms with Gasteiger partial charge in [0.1, 0.15) is 17.3 Å². The first-order chi connectivity index (χ1) is 17.8. The van der Waals surface area contributed by atoms with Crippen LogP contribution >= 0.6 is 11.6 Å². The second-order valence-electron chi connectivity index (χ2n) is 7.96. The number of aromatic hydroxyl groups is 1. The van der Waals surface area contributed by atoms with Gasteiger partial charge in [-0.2, -0.15) is 0 Å². The average molecular weight is 526 g/mol. The second-order valence-corrected chi connectivity index (χ2v) is 8.37. The van der Waals surface area contributed by atoms with Crippen molar-refractivity contribution < 1.29 is 38.7 Å². The number of ketones is 1. The van der Waals surface area contributed by atoms with Gasteiger partial charge in [0.05, 0.1) is 50.8 Å². The third-order valence-electron chi connectivity index (χ3n) is 6.02. The summed E-state index contributed by atoms with van der Waals surface area (Å²) in [7, 11) is 5.74. The quantitative estimate of drug-likeness (QED) is 0.259. The van der Waals surface area contributed by atoms with E-state index in [1.807, 2.05) is 0 Å². The molecule has 4 rings (SSSR count). The van der Waals surface area contributed by atoms with Crippen LogP contribution in [0.5, 0.6) is 28.7 Å². The molecule has 37 heavy (non-hydrogen) atoms. The van der Waals surface area contributed by atoms with Crippen LogP contribution in [0.1, 0.15) is 17.2 Å². The molecule has 1 aliphatic heterocycles. The first kappa shape index (κ1) is 25.7. The van der Waals surface area contributed by atoms with Crippen LogP contribution in [-0.2, 0) is 9.59 Å². The van der Waals surface area contributed by atoms with Gasteiger partial charge in [-0.25, -0.2) is 0 Å². The molecule has 1 fully saturated rings. The highest BCUT2D eigenvalue weighted by Gasteiger charge is 2.48. The van der Waals surface area contributed by atoms with Crippen LogP contribution in [0.3, 0.4) is 0 Å². The van der Waals surface area contributed by atoms with Gasteiger partial charge in [0.25, 0.3) is 11.7 Å². The van der Waals surface area contributed by atoms with Crippen molar-refractivity contribution in [3.8, 4) is 28.7 Å². The topological polar surface area (TPSA) is 115 Å². The van der Waals surface area contributed by atoms with Gasteiger partial charge in [0.2, 0.25) is 5.75 Å². The number of carbonyl (C=O) groups excluding carboxylic acids is 2. The molecule has 0 aromatic heterocycles. The van der Waals surface area contributed by atoms with Gasteiger partial charge in [-0.15, -0.1) is 0 Å². The SMILES string of the molecule is COc1ccc(Cl)c(/C(O)=C2\C(=O)C(=O)N(c3ccccc3O)C2c2cc(OC)c(OC)c(OC)c2)c1. The molecule has 0 bridgehead atoms. The fourth-order valence-corrected chi connectivity index (χ4v) is 4.49. The number of carbonyl (C=O) groups is 2. The highest BCUT2D eigenvalue weighted by molar-refractivity contribution is 6.52. The third-order valence-corrected chi connectivity index (χ3v) is 6.35. The molecule has 0 spiro atoms. The molecular formula is C27H24ClNO8. The minimum Gasteiger partial charge on any atom is -0.507 e. The Morgan fingerprint density at radius 3 is 2.11 bits per heavy atom. The molecule has 192 valence electrons. The molecule has 1 heterocycles. The largest absolute Gasteiger partial charge is 0.507 e. The lowest BCUT2D eigenvalue weighted by Crippen LogP contribution is -2.29. The van der Waals surface area contributed by atoms with E-state index in [-0.39, 0.29) is 39.1 Å². The number of hydrogen-bond donors (Lipinski definition) is 2. The van der Waals surface area contributed by atoms with Gasteiger partial charge < -0.3 is 29.2 Å². The van der Waals surface area contributed by atoms with Crippen LogP contribution in [0.15, 0.2) is 60.2 Å². The van der Waals surface area contributed by atoms with E-state index < -0.39 is 23.5 Å². The van der Waals surface area contributed by atoms with Gasteiger partial charge in [0.15, 0.2) is 11.5 Å². The maximum Gasteiger partial charge on any atom is 0.300 e. The normalized spacial score (nSPS) is 16.6. The Labute approximate surface area is 218 Å². The van der Waals surface area contributed by atoms with Crippen LogP contribution in [-0.4, -0.2) is 50.3 Å². The van der Waals surface area contributed by atoms with Crippen LogP contribution < -0.4 is 23.8 Å². The molecule has 0 aliphatic carbocycles. The van der Waals surface area contributed by atoms with Crippen molar-refractivity contribution >= 4 is 34.7 Å². The highest BCUT2D eigenvalue weighted by Crippen LogP contribution is 2.48. The molecule has 1 amide bonds. The van der Waals surface area contributed by atoms with Crippen molar-refractivity contribution in [3.05, 3.63) is 76.3 Å². The van der Waals surface area contributed by atoms with E-state index >= 15 is 0 Å². The zero-order valence-electron chi connectivity index (χ0n) is 20.4. The van der Waals surface area contributed by atoms with Crippen molar-refractivity contribution in [2.45, 2.75) is 6.04 Å². The molecule has 2 N–H and O–H groups in total. The molecule has 0 saturated carbocycles. The van der Waals surface area contributed by atoms with Crippen molar-refractivity contribution in [2.75, 3.05) is 33.3 Å². The zero-order chi connectivity index (χ0) is 26.9. The third kappa shape index (κ3) is 4.38. The van der Waals surface area contributed by atoms with Crippen molar-refractivity contribution in [3.63, 3.8) is 0 Å². The number of para-hydroxylation sites is 2. The van der Waals surface area contributed by atoms with Gasteiger partial charge in [-0.05, 0) is 48.0 Å². The zero-order valence-corrected chi connectivity index (χ0v) is 21.2. The van der Waals surface area contributed by atoms with Gasteiger partial charge in [0, 0.05) is 5.56 Å². The number of aliphatic hydroxyl groups excluding tert-OH is 1. The maximum atomic E-state index is 13.4. The lowest BCUT2D eigenvalue weighted by molar-refractivity contribution is -0.132. The van der Waals surface area contributed by atoms with E-state index in [0.717, 1.165) is 4.90 Å². The summed E-state index contributed by atoms with van der Waals surface area (Å²) in [5, 5.41) is 22.1. The molecule has 10 heteroatoms. The van der Waals surface area contributed by atoms with Crippen LogP contribution in [0.25, 0.3) is 5.76 Å². The van der Waals surface area contributed by atoms with E-state index in [1.54, 1.807) is 30.3 Å². The molecule has 1 aliphatic rings. The summed E-state index contributed by atoms with van der Waals surface area (Å²) in [4.78, 5) is 28.0. The number of amides is 1. The van der Waals surface area contributed by atoms with Gasteiger partial charge >= 0.3 is 0 Å². The molecule has 0 radical (unpaired) electrons. The second kappa shape index (κ2) is 10.3. The van der Waals surface area contributed by atoms with Gasteiger partial charge in [-0.1, -0.05) is 23.7 Å². The van der Waals surface area contributed by atoms with E-state index in [0.29, 0.717) is 17.1 Å². The Morgan fingerprint density at radius 2 is 1.54 bits per heavy atom. The summed E-state index contributed by atoms with van der Waals surface area (Å²) in [6.45, 7) is 0. The molecule has 3 aromatic carbocycles. The van der Waals surface area contributed by atoms with E-state index in [2.05, 4.69) is 0 Å². The predicted octanol–water partition coefficient (Wildman–Crippen LogP) is 4.71. The van der Waals surface area contributed by atoms with E-state index in [4.69, 9.17) is 30.5 Å². The number of methoxy groups -OCH3 is 4. The first-order valence-electron chi connectivity index (χ1n) is 11.0. The minimum absolute atomic E-state index is 0.0686. The standard InChI is InChI=1S/C27H24ClNO8/c1-34-15-9-10-17(28)16(13-15)24(31)22-23(14-11-20(35-2)26(37-4)21(12-14)36-3)29(27(33)25(22)32)18-7-5-6-8-19(18)30/h5-13,23,30-31H,1-4H3/b24-22+. The van der Waals surface area contributed by atoms with Crippen molar-refractivity contribution in [1.29, 1.82) is 0 Å². The number of anilines is 1. The maximum absolute atomic E-state index is 13.4. The summed E-state index contributed by atoms with van der Waals surface area (Å²) in [5.74, 6) is -1.48. The summed E-state index contributed by atoms with van der Waals surface area (Å²) >= 11 is 6.36. The fraction of sp³-hybridized carbons (Fsp3) is 0.185. The number of Topliss-reactive ketones (excluding diaryl/α,β-unsaturated/α-hetero) is 1. The smallest absolute Gasteiger partial charge is 0.300 e. The minimum atomic E-state index is -1.19. The number of nitrogens with zero attached hydrogens (tertiary/aromatic N) is 1. The summed E-state index contributed by atoms with van der Waals surface area (Å²) in [6.07, 6.45) is 0. The number of rotatable bonds is 7. The average Bonchev–Trinajstić information content (AvgIpc) is 3.17. The lowest BCUT2D eigenvalue weighted by Gasteiger charge is -2.27. The summed E-state index contributed by atoms with van der Waals surface area (Å²) in [6, 6.07) is 12.6. The number of ether oxygens (including phenoxy) is 4. The van der Waals surface area contributed by atoms with E-state index in [1.165, 1.54) is 52.7 Å². The number of aliphatic hydroxyl groups is 1. The number of halogens is 1. The molecule has 1 atom stereocenters. The Morgan fingerprint density at radius 1 is 0.892 bits per heavy atom. The molecular weight excluding hydrogens is 502 g/mol. The summed E-state index contributed by atoms with van der Waals surface area (Å²) < 4.78 is 21.6. The van der Waals surface area contributed by atoms with Gasteiger partial charge in [-0.3, -0.25) is 14.5 Å². The predicted molar refractivity (Wildman–Crippen MR) is 137 cm³/mol. The van der Waals surface area contributed by atoms with Crippen LogP contribution in [0.2, 0.25) is 5.02 Å². The first-order valence-corrected chi connectivity index (χ1v) is 11.4. The molecule has 1 unspecified atom stereocenters. The Bertz CT molecular complexity index is 1390. The Hall–Kier alpha value is -4.37. The van der Waals surface area contributed by atoms with E-state index in [9.17, 15) is 19.8 Å². The monoisotopic (exact) mass is 525 g/mol. The van der Waals surface area contributed by atoms with Crippen LogP contribution in [0.4, 0.5) is 5.69 Å². The number of phenolic OH excluding ortho intramolecular Hbond substituents is 1. The Balaban J connectivity index is 2.06. The van der Waals surface area contributed by atoms with Crippen molar-refractivity contribution in [1.82, 2.24) is 0 Å². The number of benzene rings is 3. The summed E-state index contributed by atoms with van der Waals surface area (Å²) in [5.41, 5.74) is 0.253. The lowest BCUT2D eigenvalue weighted by atomic mass is 9.94. The van der Waals surface area contributed by atoms with Crippen LogP contribution in [0, 0.1) is 0 Å². The van der Waals surface area contributed by atoms with Crippen molar-refractivity contribution in [2.24, 2.45) is 0 Å². The molecule has 1 saturated heterocycles. The molecule has 9 nitrogen and oxygen atoms in total.